The first-order valence-electron chi connectivity index (χ1n) is 9.34. The molecule has 2 aromatic rings. The maximum absolute atomic E-state index is 12.7. The van der Waals surface area contributed by atoms with Gasteiger partial charge in [-0.15, -0.1) is 10.2 Å². The summed E-state index contributed by atoms with van der Waals surface area (Å²) in [5.41, 5.74) is 0.631. The SMILES string of the molecule is COc1ccc(NC(=O)c2nnc3n2C[C@@H]2CN(S(=O)(=O)N(C)C)C[C@@H]2C3)cc1. The molecule has 0 saturated carbocycles. The molecule has 1 fully saturated rings. The van der Waals surface area contributed by atoms with Crippen LogP contribution in [-0.4, -0.2) is 72.0 Å². The Kier molecular flexibility index (Phi) is 5.05. The highest BCUT2D eigenvalue weighted by Crippen LogP contribution is 2.34. The number of hydrogen-bond acceptors (Lipinski definition) is 6. The van der Waals surface area contributed by atoms with E-state index in [0.717, 1.165) is 5.82 Å². The van der Waals surface area contributed by atoms with Gasteiger partial charge in [0.1, 0.15) is 11.6 Å². The largest absolute Gasteiger partial charge is 0.497 e. The number of carbonyl (C=O) groups excluding carboxylic acids is 1. The van der Waals surface area contributed by atoms with Crippen molar-refractivity contribution in [2.75, 3.05) is 39.6 Å². The van der Waals surface area contributed by atoms with Crippen molar-refractivity contribution in [2.24, 2.45) is 11.8 Å². The first kappa shape index (κ1) is 19.8. The maximum Gasteiger partial charge on any atom is 0.293 e. The Hall–Kier alpha value is -2.50. The third-order valence-corrected chi connectivity index (χ3v) is 7.44. The summed E-state index contributed by atoms with van der Waals surface area (Å²) < 4.78 is 34.6. The lowest BCUT2D eigenvalue weighted by Gasteiger charge is -2.25. The summed E-state index contributed by atoms with van der Waals surface area (Å²) in [7, 11) is 1.21. The van der Waals surface area contributed by atoms with E-state index >= 15 is 0 Å². The molecule has 4 rings (SSSR count). The lowest BCUT2D eigenvalue weighted by Crippen LogP contribution is -2.38. The monoisotopic (exact) mass is 420 g/mol. The van der Waals surface area contributed by atoms with Crippen LogP contribution >= 0.6 is 0 Å². The van der Waals surface area contributed by atoms with Crippen LogP contribution < -0.4 is 10.1 Å². The van der Waals surface area contributed by atoms with Crippen molar-refractivity contribution in [3.8, 4) is 5.75 Å². The van der Waals surface area contributed by atoms with Crippen molar-refractivity contribution < 1.29 is 17.9 Å². The molecule has 0 spiro atoms. The third-order valence-electron chi connectivity index (χ3n) is 5.57. The van der Waals surface area contributed by atoms with Crippen LogP contribution in [0.25, 0.3) is 0 Å². The molecule has 156 valence electrons. The van der Waals surface area contributed by atoms with Gasteiger partial charge in [0.05, 0.1) is 7.11 Å². The Bertz CT molecular complexity index is 1020. The Balaban J connectivity index is 1.49. The first-order valence-corrected chi connectivity index (χ1v) is 10.7. The molecule has 1 aromatic heterocycles. The Morgan fingerprint density at radius 1 is 1.14 bits per heavy atom. The predicted octanol–water partition coefficient (Wildman–Crippen LogP) is 0.450. The zero-order chi connectivity index (χ0) is 20.8. The lowest BCUT2D eigenvalue weighted by molar-refractivity contribution is 0.100. The van der Waals surface area contributed by atoms with Crippen LogP contribution in [0.4, 0.5) is 5.69 Å². The third kappa shape index (κ3) is 3.61. The fourth-order valence-electron chi connectivity index (χ4n) is 3.93. The van der Waals surface area contributed by atoms with E-state index < -0.39 is 10.2 Å². The molecule has 10 nitrogen and oxygen atoms in total. The first-order chi connectivity index (χ1) is 13.8. The molecule has 29 heavy (non-hydrogen) atoms. The molecule has 1 saturated heterocycles. The molecule has 0 unspecified atom stereocenters. The number of anilines is 1. The molecule has 1 amide bonds. The second-order valence-corrected chi connectivity index (χ2v) is 9.71. The molecule has 2 aliphatic heterocycles. The highest BCUT2D eigenvalue weighted by Gasteiger charge is 2.43. The van der Waals surface area contributed by atoms with Crippen LogP contribution in [0, 0.1) is 11.8 Å². The number of carbonyl (C=O) groups is 1. The second-order valence-electron chi connectivity index (χ2n) is 7.56. The van der Waals surface area contributed by atoms with Crippen LogP contribution in [0.3, 0.4) is 0 Å². The van der Waals surface area contributed by atoms with Gasteiger partial charge in [-0.1, -0.05) is 0 Å². The van der Waals surface area contributed by atoms with Gasteiger partial charge in [-0.25, -0.2) is 0 Å². The molecular weight excluding hydrogens is 396 g/mol. The Morgan fingerprint density at radius 2 is 1.83 bits per heavy atom. The minimum Gasteiger partial charge on any atom is -0.497 e. The number of amides is 1. The maximum atomic E-state index is 12.7. The van der Waals surface area contributed by atoms with Crippen LogP contribution in [-0.2, 0) is 23.2 Å². The van der Waals surface area contributed by atoms with E-state index in [1.165, 1.54) is 22.7 Å². The molecule has 2 aliphatic rings. The zero-order valence-corrected chi connectivity index (χ0v) is 17.4. The van der Waals surface area contributed by atoms with Gasteiger partial charge in [-0.2, -0.15) is 17.0 Å². The van der Waals surface area contributed by atoms with E-state index in [0.29, 0.717) is 37.5 Å². The summed E-state index contributed by atoms with van der Waals surface area (Å²) >= 11 is 0. The van der Waals surface area contributed by atoms with E-state index in [1.807, 2.05) is 4.57 Å². The van der Waals surface area contributed by atoms with Gasteiger partial charge in [-0.3, -0.25) is 4.79 Å². The highest BCUT2D eigenvalue weighted by molar-refractivity contribution is 7.86. The molecule has 1 N–H and O–H groups in total. The topological polar surface area (TPSA) is 110 Å². The van der Waals surface area contributed by atoms with Crippen LogP contribution in [0.1, 0.15) is 16.4 Å². The fourth-order valence-corrected chi connectivity index (χ4v) is 5.15. The standard InChI is InChI=1S/C18H24N6O4S/c1-22(2)29(26,27)23-9-12-8-16-20-21-17(24(16)11-13(12)10-23)18(25)19-14-4-6-15(28-3)7-5-14/h4-7,12-13H,8-11H2,1-3H3,(H,19,25)/t12-,13-/m0/s1. The van der Waals surface area contributed by atoms with Gasteiger partial charge in [0, 0.05) is 45.8 Å². The van der Waals surface area contributed by atoms with Gasteiger partial charge in [0.15, 0.2) is 0 Å². The van der Waals surface area contributed by atoms with Crippen LogP contribution in [0.15, 0.2) is 24.3 Å². The van der Waals surface area contributed by atoms with E-state index in [-0.39, 0.29) is 23.6 Å². The summed E-state index contributed by atoms with van der Waals surface area (Å²) in [4.78, 5) is 12.7. The lowest BCUT2D eigenvalue weighted by atomic mass is 9.89. The molecular formula is C18H24N6O4S. The summed E-state index contributed by atoms with van der Waals surface area (Å²) in [5, 5.41) is 11.1. The number of benzene rings is 1. The van der Waals surface area contributed by atoms with Crippen molar-refractivity contribution in [2.45, 2.75) is 13.0 Å². The second kappa shape index (κ2) is 7.39. The van der Waals surface area contributed by atoms with Gasteiger partial charge in [0.2, 0.25) is 5.82 Å². The molecule has 2 atom stereocenters. The molecule has 0 bridgehead atoms. The van der Waals surface area contributed by atoms with E-state index in [1.54, 1.807) is 31.4 Å². The van der Waals surface area contributed by atoms with Crippen molar-refractivity contribution in [3.05, 3.63) is 35.9 Å². The summed E-state index contributed by atoms with van der Waals surface area (Å²) in [6, 6.07) is 7.03. The van der Waals surface area contributed by atoms with Gasteiger partial charge in [0.25, 0.3) is 16.1 Å². The number of aromatic nitrogens is 3. The number of ether oxygens (including phenoxy) is 1. The van der Waals surface area contributed by atoms with Crippen molar-refractivity contribution in [1.82, 2.24) is 23.4 Å². The van der Waals surface area contributed by atoms with E-state index in [4.69, 9.17) is 4.74 Å². The van der Waals surface area contributed by atoms with Gasteiger partial charge in [-0.05, 0) is 36.1 Å². The Labute approximate surface area is 169 Å². The normalized spacial score (nSPS) is 21.7. The number of rotatable bonds is 5. The van der Waals surface area contributed by atoms with Gasteiger partial charge < -0.3 is 14.6 Å². The number of fused-ring (bicyclic) bond motifs is 2. The van der Waals surface area contributed by atoms with Crippen molar-refractivity contribution in [1.29, 1.82) is 0 Å². The van der Waals surface area contributed by atoms with E-state index in [9.17, 15) is 13.2 Å². The fraction of sp³-hybridized carbons (Fsp3) is 0.500. The number of nitrogens with one attached hydrogen (secondary N) is 1. The molecule has 0 radical (unpaired) electrons. The molecule has 0 aliphatic carbocycles. The minimum atomic E-state index is -3.45. The minimum absolute atomic E-state index is 0.126. The number of methoxy groups -OCH3 is 1. The van der Waals surface area contributed by atoms with Crippen molar-refractivity contribution in [3.63, 3.8) is 0 Å². The summed E-state index contributed by atoms with van der Waals surface area (Å²) in [6.45, 7) is 1.42. The number of nitrogens with zero attached hydrogens (tertiary/aromatic N) is 5. The van der Waals surface area contributed by atoms with Crippen LogP contribution in [0.2, 0.25) is 0 Å². The average molecular weight is 420 g/mol. The Morgan fingerprint density at radius 3 is 2.48 bits per heavy atom. The zero-order valence-electron chi connectivity index (χ0n) is 16.6. The van der Waals surface area contributed by atoms with E-state index in [2.05, 4.69) is 15.5 Å². The smallest absolute Gasteiger partial charge is 0.293 e. The average Bonchev–Trinajstić information content (AvgIpc) is 3.30. The highest BCUT2D eigenvalue weighted by atomic mass is 32.2. The van der Waals surface area contributed by atoms with Crippen molar-refractivity contribution >= 4 is 21.8 Å². The number of hydrogen-bond donors (Lipinski definition) is 1. The summed E-state index contributed by atoms with van der Waals surface area (Å²) in [5.74, 6) is 1.62. The molecule has 11 heteroatoms. The van der Waals surface area contributed by atoms with Crippen LogP contribution in [0.5, 0.6) is 5.75 Å². The predicted molar refractivity (Wildman–Crippen MR) is 106 cm³/mol. The molecule has 3 heterocycles. The van der Waals surface area contributed by atoms with Gasteiger partial charge >= 0.3 is 0 Å². The quantitative estimate of drug-likeness (QED) is 0.752. The summed E-state index contributed by atoms with van der Waals surface area (Å²) in [6.07, 6.45) is 0.604. The molecule has 1 aromatic carbocycles.